The Balaban J connectivity index is 1.31. The van der Waals surface area contributed by atoms with Gasteiger partial charge in [0.1, 0.15) is 0 Å². The number of piperidine rings is 2. The van der Waals surface area contributed by atoms with E-state index >= 15 is 0 Å². The highest BCUT2D eigenvalue weighted by molar-refractivity contribution is 5.91. The summed E-state index contributed by atoms with van der Waals surface area (Å²) in [6, 6.07) is 10.3. The molecule has 1 saturated carbocycles. The van der Waals surface area contributed by atoms with Crippen LogP contribution in [0.4, 0.5) is 0 Å². The van der Waals surface area contributed by atoms with E-state index in [2.05, 4.69) is 33.9 Å². The lowest BCUT2D eigenvalue weighted by atomic mass is 9.66. The van der Waals surface area contributed by atoms with E-state index < -0.39 is 0 Å². The first-order chi connectivity index (χ1) is 14.6. The molecule has 2 amide bonds. The summed E-state index contributed by atoms with van der Waals surface area (Å²) in [4.78, 5) is 33.5. The summed E-state index contributed by atoms with van der Waals surface area (Å²) in [7, 11) is 2.13. The van der Waals surface area contributed by atoms with Crippen molar-refractivity contribution in [2.45, 2.75) is 62.8 Å². The average Bonchev–Trinajstić information content (AvgIpc) is 3.40. The Morgan fingerprint density at radius 2 is 1.47 bits per heavy atom. The predicted octanol–water partition coefficient (Wildman–Crippen LogP) is 3.04. The van der Waals surface area contributed by atoms with Gasteiger partial charge in [0.05, 0.1) is 11.5 Å². The monoisotopic (exact) mass is 409 g/mol. The van der Waals surface area contributed by atoms with E-state index in [0.29, 0.717) is 11.8 Å². The second-order valence-electron chi connectivity index (χ2n) is 10.1. The molecule has 1 aliphatic carbocycles. The maximum atomic E-state index is 13.5. The quantitative estimate of drug-likeness (QED) is 0.771. The number of hydrogen-bond acceptors (Lipinski definition) is 3. The lowest BCUT2D eigenvalue weighted by molar-refractivity contribution is -0.148. The van der Waals surface area contributed by atoms with Gasteiger partial charge in [-0.25, -0.2) is 0 Å². The summed E-state index contributed by atoms with van der Waals surface area (Å²) < 4.78 is 0. The fraction of sp³-hybridized carbons (Fsp3) is 0.680. The number of hydrogen-bond donors (Lipinski definition) is 0. The first-order valence-electron chi connectivity index (χ1n) is 11.9. The first kappa shape index (κ1) is 20.0. The lowest BCUT2D eigenvalue weighted by Crippen LogP contribution is -2.62. The second kappa shape index (κ2) is 7.67. The van der Waals surface area contributed by atoms with Gasteiger partial charge >= 0.3 is 0 Å². The Hall–Kier alpha value is -1.88. The van der Waals surface area contributed by atoms with Gasteiger partial charge in [0.2, 0.25) is 11.8 Å². The van der Waals surface area contributed by atoms with Crippen LogP contribution in [0, 0.1) is 5.41 Å². The molecule has 4 fully saturated rings. The van der Waals surface area contributed by atoms with Gasteiger partial charge in [0, 0.05) is 26.2 Å². The van der Waals surface area contributed by atoms with Crippen molar-refractivity contribution in [2.24, 2.45) is 5.41 Å². The van der Waals surface area contributed by atoms with Crippen molar-refractivity contribution < 1.29 is 9.59 Å². The molecule has 5 nitrogen and oxygen atoms in total. The summed E-state index contributed by atoms with van der Waals surface area (Å²) in [6.07, 6.45) is 8.40. The molecule has 0 aromatic heterocycles. The fourth-order valence-corrected chi connectivity index (χ4v) is 6.46. The van der Waals surface area contributed by atoms with E-state index in [9.17, 15) is 9.59 Å². The number of likely N-dealkylation sites (tertiary alicyclic amines) is 3. The van der Waals surface area contributed by atoms with Crippen LogP contribution in [-0.4, -0.2) is 72.3 Å². The van der Waals surface area contributed by atoms with Crippen molar-refractivity contribution in [3.63, 3.8) is 0 Å². The zero-order valence-electron chi connectivity index (χ0n) is 18.3. The van der Waals surface area contributed by atoms with E-state index in [1.54, 1.807) is 0 Å². The maximum absolute atomic E-state index is 13.5. The molecule has 3 aliphatic heterocycles. The number of benzene rings is 1. The third-order valence-electron chi connectivity index (χ3n) is 8.39. The molecule has 3 heterocycles. The fourth-order valence-electron chi connectivity index (χ4n) is 6.46. The molecule has 1 spiro atoms. The van der Waals surface area contributed by atoms with Crippen LogP contribution >= 0.6 is 0 Å². The van der Waals surface area contributed by atoms with Gasteiger partial charge in [-0.2, -0.15) is 0 Å². The van der Waals surface area contributed by atoms with Crippen molar-refractivity contribution in [3.05, 3.63) is 35.9 Å². The topological polar surface area (TPSA) is 43.9 Å². The molecule has 5 rings (SSSR count). The second-order valence-corrected chi connectivity index (χ2v) is 10.1. The standard InChI is InChI=1S/C25H35N3O2/c1-26-15-7-10-24(21(26)22(29)27-16-5-6-17-27)13-18-28(19-14-24)23(30)25(11-12-25)20-8-3-2-4-9-20/h2-4,8-9,21H,5-7,10-19H2,1H3. The summed E-state index contributed by atoms with van der Waals surface area (Å²) in [6.45, 7) is 4.44. The highest BCUT2D eigenvalue weighted by Gasteiger charge is 2.55. The Labute approximate surface area is 180 Å². The zero-order valence-corrected chi connectivity index (χ0v) is 18.3. The Bertz CT molecular complexity index is 790. The Morgan fingerprint density at radius 1 is 0.800 bits per heavy atom. The number of rotatable bonds is 3. The van der Waals surface area contributed by atoms with Crippen LogP contribution in [0.3, 0.4) is 0 Å². The van der Waals surface area contributed by atoms with Gasteiger partial charge in [-0.1, -0.05) is 30.3 Å². The van der Waals surface area contributed by atoms with Crippen molar-refractivity contribution in [2.75, 3.05) is 39.8 Å². The number of carbonyl (C=O) groups excluding carboxylic acids is 2. The number of amides is 2. The smallest absolute Gasteiger partial charge is 0.240 e. The summed E-state index contributed by atoms with van der Waals surface area (Å²) >= 11 is 0. The van der Waals surface area contributed by atoms with Crippen LogP contribution in [0.15, 0.2) is 30.3 Å². The molecule has 4 aliphatic rings. The summed E-state index contributed by atoms with van der Waals surface area (Å²) in [5.41, 5.74) is 0.932. The molecule has 0 radical (unpaired) electrons. The Morgan fingerprint density at radius 3 is 2.10 bits per heavy atom. The third kappa shape index (κ3) is 3.26. The molecule has 162 valence electrons. The maximum Gasteiger partial charge on any atom is 0.240 e. The SMILES string of the molecule is CN1CCCC2(CCN(C(=O)C3(c4ccccc4)CC3)CC2)C1C(=O)N1CCCC1. The molecule has 1 aromatic rings. The van der Waals surface area contributed by atoms with Gasteiger partial charge in [0.15, 0.2) is 0 Å². The first-order valence-corrected chi connectivity index (χ1v) is 11.9. The van der Waals surface area contributed by atoms with E-state index in [1.165, 1.54) is 5.56 Å². The van der Waals surface area contributed by atoms with E-state index in [4.69, 9.17) is 0 Å². The van der Waals surface area contributed by atoms with Crippen molar-refractivity contribution in [3.8, 4) is 0 Å². The minimum absolute atomic E-state index is 0.00869. The van der Waals surface area contributed by atoms with Crippen molar-refractivity contribution in [1.82, 2.24) is 14.7 Å². The molecule has 1 unspecified atom stereocenters. The molecule has 1 atom stereocenters. The molecule has 5 heteroatoms. The summed E-state index contributed by atoms with van der Waals surface area (Å²) in [5, 5.41) is 0. The van der Waals surface area contributed by atoms with Crippen LogP contribution in [0.1, 0.15) is 56.9 Å². The van der Waals surface area contributed by atoms with Gasteiger partial charge in [-0.3, -0.25) is 14.5 Å². The van der Waals surface area contributed by atoms with Crippen LogP contribution in [0.25, 0.3) is 0 Å². The molecule has 3 saturated heterocycles. The van der Waals surface area contributed by atoms with Crippen molar-refractivity contribution in [1.29, 1.82) is 0 Å². The lowest BCUT2D eigenvalue weighted by Gasteiger charge is -2.52. The van der Waals surface area contributed by atoms with E-state index in [1.807, 2.05) is 18.2 Å². The Kier molecular flexibility index (Phi) is 5.12. The van der Waals surface area contributed by atoms with Gasteiger partial charge < -0.3 is 9.80 Å². The third-order valence-corrected chi connectivity index (χ3v) is 8.39. The number of carbonyl (C=O) groups is 2. The number of likely N-dealkylation sites (N-methyl/N-ethyl adjacent to an activating group) is 1. The van der Waals surface area contributed by atoms with Gasteiger partial charge in [-0.15, -0.1) is 0 Å². The largest absolute Gasteiger partial charge is 0.342 e. The zero-order chi connectivity index (χ0) is 20.8. The minimum atomic E-state index is -0.278. The van der Waals surface area contributed by atoms with Crippen LogP contribution < -0.4 is 0 Å². The molecular formula is C25H35N3O2. The molecule has 0 bridgehead atoms. The predicted molar refractivity (Wildman–Crippen MR) is 117 cm³/mol. The van der Waals surface area contributed by atoms with Crippen LogP contribution in [-0.2, 0) is 15.0 Å². The van der Waals surface area contributed by atoms with Gasteiger partial charge in [0.25, 0.3) is 0 Å². The highest BCUT2D eigenvalue weighted by Crippen LogP contribution is 2.51. The molecule has 0 N–H and O–H groups in total. The average molecular weight is 410 g/mol. The number of nitrogens with zero attached hydrogens (tertiary/aromatic N) is 3. The normalized spacial score (nSPS) is 28.0. The van der Waals surface area contributed by atoms with Crippen molar-refractivity contribution >= 4 is 11.8 Å². The molecule has 30 heavy (non-hydrogen) atoms. The van der Waals surface area contributed by atoms with Gasteiger partial charge in [-0.05, 0) is 75.9 Å². The highest BCUT2D eigenvalue weighted by atomic mass is 16.2. The summed E-state index contributed by atoms with van der Waals surface area (Å²) in [5.74, 6) is 0.660. The van der Waals surface area contributed by atoms with Crippen LogP contribution in [0.2, 0.25) is 0 Å². The molecule has 1 aromatic carbocycles. The minimum Gasteiger partial charge on any atom is -0.342 e. The van der Waals surface area contributed by atoms with E-state index in [0.717, 1.165) is 84.1 Å². The molecular weight excluding hydrogens is 374 g/mol. The van der Waals surface area contributed by atoms with Crippen LogP contribution in [0.5, 0.6) is 0 Å². The van der Waals surface area contributed by atoms with E-state index in [-0.39, 0.29) is 16.9 Å².